The fourth-order valence-corrected chi connectivity index (χ4v) is 1.20. The van der Waals surface area contributed by atoms with Crippen LogP contribution in [-0.2, 0) is 9.59 Å². The van der Waals surface area contributed by atoms with Gasteiger partial charge in [-0.2, -0.15) is 0 Å². The Hall–Kier alpha value is -1.10. The van der Waals surface area contributed by atoms with Crippen molar-refractivity contribution >= 4 is 11.9 Å². The summed E-state index contributed by atoms with van der Waals surface area (Å²) in [5.41, 5.74) is 5.36. The van der Waals surface area contributed by atoms with Crippen LogP contribution in [0.15, 0.2) is 0 Å². The van der Waals surface area contributed by atoms with Crippen LogP contribution in [0.5, 0.6) is 0 Å². The van der Waals surface area contributed by atoms with Crippen molar-refractivity contribution in [2.24, 2.45) is 11.1 Å². The van der Waals surface area contributed by atoms with Crippen molar-refractivity contribution in [1.82, 2.24) is 5.32 Å². The lowest BCUT2D eigenvalue weighted by atomic mass is 9.87. The fraction of sp³-hybridized carbons (Fsp3) is 0.818. The van der Waals surface area contributed by atoms with Crippen LogP contribution in [0.3, 0.4) is 0 Å². The predicted molar refractivity (Wildman–Crippen MR) is 61.9 cm³/mol. The van der Waals surface area contributed by atoms with E-state index in [1.165, 1.54) is 0 Å². The Morgan fingerprint density at radius 1 is 1.38 bits per heavy atom. The number of nitrogens with one attached hydrogen (secondary N) is 1. The van der Waals surface area contributed by atoms with Gasteiger partial charge in [-0.1, -0.05) is 34.1 Å². The molecule has 0 aliphatic rings. The number of hydrogen-bond donors (Lipinski definition) is 3. The minimum Gasteiger partial charge on any atom is -0.480 e. The highest BCUT2D eigenvalue weighted by Gasteiger charge is 2.30. The average molecular weight is 230 g/mol. The van der Waals surface area contributed by atoms with E-state index in [4.69, 9.17) is 10.8 Å². The van der Waals surface area contributed by atoms with Crippen LogP contribution >= 0.6 is 0 Å². The molecular formula is C11H22N2O3. The molecule has 5 nitrogen and oxygen atoms in total. The van der Waals surface area contributed by atoms with Crippen LogP contribution in [0.2, 0.25) is 0 Å². The zero-order valence-electron chi connectivity index (χ0n) is 10.4. The highest BCUT2D eigenvalue weighted by atomic mass is 16.4. The Morgan fingerprint density at radius 2 is 1.88 bits per heavy atom. The number of rotatable bonds is 5. The highest BCUT2D eigenvalue weighted by molar-refractivity contribution is 5.87. The Balaban J connectivity index is 4.46. The Bertz CT molecular complexity index is 258. The first-order valence-corrected chi connectivity index (χ1v) is 5.49. The van der Waals surface area contributed by atoms with E-state index >= 15 is 0 Å². The fourth-order valence-electron chi connectivity index (χ4n) is 1.20. The molecule has 0 saturated carbocycles. The first-order valence-electron chi connectivity index (χ1n) is 5.49. The molecule has 16 heavy (non-hydrogen) atoms. The lowest BCUT2D eigenvalue weighted by molar-refractivity contribution is -0.142. The van der Waals surface area contributed by atoms with Crippen molar-refractivity contribution in [2.75, 3.05) is 0 Å². The number of aliphatic carboxylic acids is 1. The largest absolute Gasteiger partial charge is 0.480 e. The van der Waals surface area contributed by atoms with Gasteiger partial charge in [0.25, 0.3) is 0 Å². The number of carboxylic acids is 1. The summed E-state index contributed by atoms with van der Waals surface area (Å²) in [6.07, 6.45) is 1.11. The lowest BCUT2D eigenvalue weighted by Crippen LogP contribution is -2.53. The molecule has 5 heteroatoms. The summed E-state index contributed by atoms with van der Waals surface area (Å²) in [7, 11) is 0. The van der Waals surface area contributed by atoms with Crippen LogP contribution in [-0.4, -0.2) is 29.1 Å². The van der Waals surface area contributed by atoms with Crippen molar-refractivity contribution in [1.29, 1.82) is 0 Å². The normalized spacial score (nSPS) is 15.3. The van der Waals surface area contributed by atoms with Gasteiger partial charge < -0.3 is 16.2 Å². The van der Waals surface area contributed by atoms with Crippen molar-refractivity contribution < 1.29 is 14.7 Å². The molecule has 0 aromatic rings. The van der Waals surface area contributed by atoms with E-state index in [0.29, 0.717) is 12.8 Å². The lowest BCUT2D eigenvalue weighted by Gasteiger charge is -2.27. The summed E-state index contributed by atoms with van der Waals surface area (Å²) in [6.45, 7) is 7.39. The number of amides is 1. The maximum absolute atomic E-state index is 11.7. The van der Waals surface area contributed by atoms with Crippen molar-refractivity contribution in [3.63, 3.8) is 0 Å². The molecule has 0 aromatic heterocycles. The van der Waals surface area contributed by atoms with Gasteiger partial charge >= 0.3 is 5.97 Å². The van der Waals surface area contributed by atoms with Gasteiger partial charge in [-0.3, -0.25) is 4.79 Å². The van der Waals surface area contributed by atoms with Crippen molar-refractivity contribution in [2.45, 2.75) is 52.6 Å². The third kappa shape index (κ3) is 4.61. The van der Waals surface area contributed by atoms with E-state index < -0.39 is 24.0 Å². The van der Waals surface area contributed by atoms with Gasteiger partial charge in [-0.25, -0.2) is 4.79 Å². The van der Waals surface area contributed by atoms with E-state index in [2.05, 4.69) is 5.32 Å². The minimum absolute atomic E-state index is 0.376. The molecule has 0 rings (SSSR count). The van der Waals surface area contributed by atoms with Gasteiger partial charge in [0, 0.05) is 0 Å². The monoisotopic (exact) mass is 230 g/mol. The molecule has 94 valence electrons. The van der Waals surface area contributed by atoms with Gasteiger partial charge in [-0.15, -0.1) is 0 Å². The molecule has 1 unspecified atom stereocenters. The summed E-state index contributed by atoms with van der Waals surface area (Å²) in [4.78, 5) is 22.5. The van der Waals surface area contributed by atoms with Crippen LogP contribution in [0.4, 0.5) is 0 Å². The van der Waals surface area contributed by atoms with Gasteiger partial charge in [-0.05, 0) is 11.8 Å². The first-order chi connectivity index (χ1) is 7.20. The van der Waals surface area contributed by atoms with Crippen molar-refractivity contribution in [3.8, 4) is 0 Å². The zero-order valence-corrected chi connectivity index (χ0v) is 10.4. The van der Waals surface area contributed by atoms with E-state index in [1.807, 2.05) is 27.7 Å². The predicted octanol–water partition coefficient (Wildman–Crippen LogP) is 0.729. The number of carbonyl (C=O) groups is 2. The quantitative estimate of drug-likeness (QED) is 0.649. The second kappa shape index (κ2) is 5.84. The SMILES string of the molecule is CCCC(NC(=O)[C@@H](N)C(C)(C)C)C(=O)O. The summed E-state index contributed by atoms with van der Waals surface area (Å²) >= 11 is 0. The summed E-state index contributed by atoms with van der Waals surface area (Å²) in [5, 5.41) is 11.3. The third-order valence-corrected chi connectivity index (χ3v) is 2.41. The molecule has 4 N–H and O–H groups in total. The molecule has 0 bridgehead atoms. The van der Waals surface area contributed by atoms with Crippen LogP contribution in [0.1, 0.15) is 40.5 Å². The Morgan fingerprint density at radius 3 is 2.19 bits per heavy atom. The maximum Gasteiger partial charge on any atom is 0.326 e. The van der Waals surface area contributed by atoms with Crippen LogP contribution in [0.25, 0.3) is 0 Å². The van der Waals surface area contributed by atoms with Gasteiger partial charge in [0.05, 0.1) is 6.04 Å². The number of carbonyl (C=O) groups excluding carboxylic acids is 1. The number of nitrogens with two attached hydrogens (primary N) is 1. The minimum atomic E-state index is -1.02. The standard InChI is InChI=1S/C11H22N2O3/c1-5-6-7(10(15)16)13-9(14)8(12)11(2,3)4/h7-8H,5-6,12H2,1-4H3,(H,13,14)(H,15,16)/t7?,8-/m1/s1. The molecule has 0 aliphatic carbocycles. The molecule has 0 aromatic carbocycles. The third-order valence-electron chi connectivity index (χ3n) is 2.41. The molecule has 0 spiro atoms. The van der Waals surface area contributed by atoms with E-state index in [1.54, 1.807) is 0 Å². The average Bonchev–Trinajstić information content (AvgIpc) is 2.14. The van der Waals surface area contributed by atoms with Crippen LogP contribution in [0, 0.1) is 5.41 Å². The van der Waals surface area contributed by atoms with E-state index in [9.17, 15) is 9.59 Å². The second-order valence-electron chi connectivity index (χ2n) is 5.03. The molecule has 2 atom stereocenters. The van der Waals surface area contributed by atoms with Crippen molar-refractivity contribution in [3.05, 3.63) is 0 Å². The molecule has 0 saturated heterocycles. The number of hydrogen-bond acceptors (Lipinski definition) is 3. The van der Waals surface area contributed by atoms with Crippen LogP contribution < -0.4 is 11.1 Å². The molecular weight excluding hydrogens is 208 g/mol. The van der Waals surface area contributed by atoms with Gasteiger partial charge in [0.2, 0.25) is 5.91 Å². The summed E-state index contributed by atoms with van der Waals surface area (Å²) < 4.78 is 0. The molecule has 0 radical (unpaired) electrons. The highest BCUT2D eigenvalue weighted by Crippen LogP contribution is 2.17. The second-order valence-corrected chi connectivity index (χ2v) is 5.03. The van der Waals surface area contributed by atoms with E-state index in [-0.39, 0.29) is 5.41 Å². The molecule has 0 heterocycles. The number of carboxylic acid groups (broad SMARTS) is 1. The van der Waals surface area contributed by atoms with E-state index in [0.717, 1.165) is 0 Å². The molecule has 0 fully saturated rings. The summed E-state index contributed by atoms with van der Waals surface area (Å²) in [5.74, 6) is -1.43. The zero-order chi connectivity index (χ0) is 12.9. The van der Waals surface area contributed by atoms with Gasteiger partial charge in [0.1, 0.15) is 6.04 Å². The topological polar surface area (TPSA) is 92.4 Å². The Labute approximate surface area is 96.4 Å². The van der Waals surface area contributed by atoms with Gasteiger partial charge in [0.15, 0.2) is 0 Å². The molecule has 0 aliphatic heterocycles. The Kier molecular flexibility index (Phi) is 5.44. The summed E-state index contributed by atoms with van der Waals surface area (Å²) in [6, 6.07) is -1.54. The smallest absolute Gasteiger partial charge is 0.326 e. The maximum atomic E-state index is 11.7. The molecule has 1 amide bonds. The first kappa shape index (κ1) is 14.9.